The molecular weight excluding hydrogens is 367 g/mol. The molecule has 0 saturated carbocycles. The number of halogens is 2. The third-order valence-corrected chi connectivity index (χ3v) is 6.62. The van der Waals surface area contributed by atoms with Crippen LogP contribution in [0.4, 0.5) is 5.69 Å². The number of hydrazine groups is 1. The first-order chi connectivity index (χ1) is 11.1. The zero-order valence-corrected chi connectivity index (χ0v) is 16.5. The number of benzene rings is 2. The highest BCUT2D eigenvalue weighted by Crippen LogP contribution is 2.31. The highest BCUT2D eigenvalue weighted by atomic mass is 35.5. The summed E-state index contributed by atoms with van der Waals surface area (Å²) >= 11 is 12.1. The fourth-order valence-electron chi connectivity index (χ4n) is 2.66. The first-order valence-corrected chi connectivity index (χ1v) is 9.60. The van der Waals surface area contributed by atoms with Crippen LogP contribution in [0.5, 0.6) is 0 Å². The molecule has 0 aliphatic heterocycles. The fraction of sp³-hybridized carbons (Fsp3) is 0.294. The third kappa shape index (κ3) is 3.40. The molecule has 0 aromatic heterocycles. The van der Waals surface area contributed by atoms with Crippen LogP contribution in [0.1, 0.15) is 27.8 Å². The summed E-state index contributed by atoms with van der Waals surface area (Å²) in [5, 5.41) is 0.657. The molecule has 2 aromatic rings. The highest BCUT2D eigenvalue weighted by Gasteiger charge is 2.24. The first kappa shape index (κ1) is 19.1. The molecule has 0 unspecified atom stereocenters. The lowest BCUT2D eigenvalue weighted by molar-refractivity contribution is 0.586. The number of hydrogen-bond donors (Lipinski definition) is 2. The van der Waals surface area contributed by atoms with E-state index in [1.807, 2.05) is 34.6 Å². The van der Waals surface area contributed by atoms with Gasteiger partial charge in [0, 0.05) is 0 Å². The second-order valence-corrected chi connectivity index (χ2v) is 8.21. The number of anilines is 1. The van der Waals surface area contributed by atoms with Crippen LogP contribution in [0.2, 0.25) is 10.0 Å². The van der Waals surface area contributed by atoms with Gasteiger partial charge in [-0.3, -0.25) is 0 Å². The highest BCUT2D eigenvalue weighted by molar-refractivity contribution is 7.89. The molecule has 2 rings (SSSR count). The predicted molar refractivity (Wildman–Crippen MR) is 101 cm³/mol. The molecule has 4 nitrogen and oxygen atoms in total. The van der Waals surface area contributed by atoms with E-state index >= 15 is 0 Å². The SMILES string of the molecule is Cc1c(C)c(C)c(S(=O)(=O)NNc2c(Cl)cccc2Cl)c(C)c1C. The van der Waals surface area contributed by atoms with Crippen molar-refractivity contribution in [1.29, 1.82) is 0 Å². The second-order valence-electron chi connectivity index (χ2n) is 5.78. The minimum absolute atomic E-state index is 0.277. The monoisotopic (exact) mass is 386 g/mol. The molecule has 0 atom stereocenters. The molecule has 0 aliphatic carbocycles. The summed E-state index contributed by atoms with van der Waals surface area (Å²) in [4.78, 5) is 2.66. The molecule has 0 fully saturated rings. The van der Waals surface area contributed by atoms with Gasteiger partial charge in [-0.25, -0.2) is 8.42 Å². The second kappa shape index (κ2) is 6.92. The summed E-state index contributed by atoms with van der Waals surface area (Å²) in [6, 6.07) is 4.94. The molecule has 0 bridgehead atoms. The average Bonchev–Trinajstić information content (AvgIpc) is 2.50. The van der Waals surface area contributed by atoms with Crippen molar-refractivity contribution in [2.75, 3.05) is 5.43 Å². The van der Waals surface area contributed by atoms with E-state index in [1.54, 1.807) is 18.2 Å². The number of hydrogen-bond acceptors (Lipinski definition) is 3. The standard InChI is InChI=1S/C17H20Cl2N2O2S/c1-9-10(2)12(4)17(13(5)11(9)3)24(22,23)21-20-16-14(18)7-6-8-15(16)19/h6-8,20-21H,1-5H3. The number of nitrogens with one attached hydrogen (secondary N) is 2. The zero-order chi connectivity index (χ0) is 18.2. The van der Waals surface area contributed by atoms with Crippen molar-refractivity contribution in [3.63, 3.8) is 0 Å². The van der Waals surface area contributed by atoms with Gasteiger partial charge in [-0.2, -0.15) is 0 Å². The van der Waals surface area contributed by atoms with E-state index in [9.17, 15) is 8.42 Å². The molecule has 0 radical (unpaired) electrons. The normalized spacial score (nSPS) is 11.6. The molecule has 0 aliphatic rings. The molecular formula is C17H20Cl2N2O2S. The van der Waals surface area contributed by atoms with E-state index in [0.717, 1.165) is 27.8 Å². The van der Waals surface area contributed by atoms with Crippen LogP contribution in [-0.2, 0) is 10.0 Å². The van der Waals surface area contributed by atoms with Crippen LogP contribution < -0.4 is 10.3 Å². The number of sulfonamides is 1. The van der Waals surface area contributed by atoms with Crippen LogP contribution in [0, 0.1) is 34.6 Å². The number of para-hydroxylation sites is 1. The van der Waals surface area contributed by atoms with Crippen molar-refractivity contribution < 1.29 is 8.42 Å². The summed E-state index contributed by atoms with van der Waals surface area (Å²) in [6.45, 7) is 9.47. The Kier molecular flexibility index (Phi) is 5.50. The predicted octanol–water partition coefficient (Wildman–Crippen LogP) is 4.84. The van der Waals surface area contributed by atoms with Crippen LogP contribution in [0.3, 0.4) is 0 Å². The lowest BCUT2D eigenvalue weighted by atomic mass is 9.95. The Balaban J connectivity index is 2.46. The maximum Gasteiger partial charge on any atom is 0.257 e. The van der Waals surface area contributed by atoms with Crippen molar-refractivity contribution in [1.82, 2.24) is 4.83 Å². The van der Waals surface area contributed by atoms with Gasteiger partial charge < -0.3 is 5.43 Å². The lowest BCUT2D eigenvalue weighted by Crippen LogP contribution is -2.31. The Bertz CT molecular complexity index is 860. The van der Waals surface area contributed by atoms with Gasteiger partial charge in [0.2, 0.25) is 0 Å². The van der Waals surface area contributed by atoms with Gasteiger partial charge in [-0.05, 0) is 74.6 Å². The third-order valence-electron chi connectivity index (χ3n) is 4.47. The molecule has 0 heterocycles. The zero-order valence-electron chi connectivity index (χ0n) is 14.2. The van der Waals surface area contributed by atoms with E-state index in [4.69, 9.17) is 23.2 Å². The fourth-order valence-corrected chi connectivity index (χ4v) is 4.60. The van der Waals surface area contributed by atoms with Crippen molar-refractivity contribution in [3.05, 3.63) is 56.1 Å². The maximum atomic E-state index is 12.8. The van der Waals surface area contributed by atoms with E-state index < -0.39 is 10.0 Å². The topological polar surface area (TPSA) is 58.2 Å². The Morgan fingerprint density at radius 1 is 0.792 bits per heavy atom. The molecule has 7 heteroatoms. The van der Waals surface area contributed by atoms with E-state index in [1.165, 1.54) is 0 Å². The molecule has 0 amide bonds. The smallest absolute Gasteiger partial charge is 0.257 e. The largest absolute Gasteiger partial charge is 0.305 e. The lowest BCUT2D eigenvalue weighted by Gasteiger charge is -2.20. The molecule has 0 spiro atoms. The molecule has 0 saturated heterocycles. The van der Waals surface area contributed by atoms with E-state index in [-0.39, 0.29) is 4.90 Å². The number of rotatable bonds is 4. The van der Waals surface area contributed by atoms with Crippen molar-refractivity contribution >= 4 is 38.9 Å². The minimum atomic E-state index is -3.79. The summed E-state index contributed by atoms with van der Waals surface area (Å²) < 4.78 is 25.7. The van der Waals surface area contributed by atoms with Gasteiger partial charge >= 0.3 is 0 Å². The summed E-state index contributed by atoms with van der Waals surface area (Å²) in [7, 11) is -3.79. The van der Waals surface area contributed by atoms with Crippen molar-refractivity contribution in [2.45, 2.75) is 39.5 Å². The molecule has 2 N–H and O–H groups in total. The van der Waals surface area contributed by atoms with Crippen LogP contribution in [0.15, 0.2) is 23.1 Å². The van der Waals surface area contributed by atoms with E-state index in [2.05, 4.69) is 10.3 Å². The quantitative estimate of drug-likeness (QED) is 0.738. The molecule has 24 heavy (non-hydrogen) atoms. The Morgan fingerprint density at radius 3 is 1.67 bits per heavy atom. The van der Waals surface area contributed by atoms with Gasteiger partial charge in [0.15, 0.2) is 0 Å². The van der Waals surface area contributed by atoms with Gasteiger partial charge in [0.05, 0.1) is 20.6 Å². The average molecular weight is 387 g/mol. The summed E-state index contributed by atoms with van der Waals surface area (Å²) in [6.07, 6.45) is 0. The summed E-state index contributed by atoms with van der Waals surface area (Å²) in [5.74, 6) is 0. The van der Waals surface area contributed by atoms with Crippen molar-refractivity contribution in [3.8, 4) is 0 Å². The Labute approximate surface area is 153 Å². The minimum Gasteiger partial charge on any atom is -0.305 e. The first-order valence-electron chi connectivity index (χ1n) is 7.36. The molecule has 2 aromatic carbocycles. The van der Waals surface area contributed by atoms with Crippen LogP contribution >= 0.6 is 23.2 Å². The van der Waals surface area contributed by atoms with Gasteiger partial charge in [0.1, 0.15) is 0 Å². The van der Waals surface area contributed by atoms with E-state index in [0.29, 0.717) is 15.7 Å². The van der Waals surface area contributed by atoms with Crippen LogP contribution in [0.25, 0.3) is 0 Å². The molecule has 130 valence electrons. The van der Waals surface area contributed by atoms with Gasteiger partial charge in [0.25, 0.3) is 10.0 Å². The summed E-state index contributed by atoms with van der Waals surface area (Å²) in [5.41, 5.74) is 7.45. The Hall–Kier alpha value is -1.27. The van der Waals surface area contributed by atoms with Crippen molar-refractivity contribution in [2.24, 2.45) is 0 Å². The Morgan fingerprint density at radius 2 is 1.21 bits per heavy atom. The maximum absolute atomic E-state index is 12.8. The van der Waals surface area contributed by atoms with Gasteiger partial charge in [-0.1, -0.05) is 29.3 Å². The van der Waals surface area contributed by atoms with Gasteiger partial charge in [-0.15, -0.1) is 4.83 Å². The van der Waals surface area contributed by atoms with Crippen LogP contribution in [-0.4, -0.2) is 8.42 Å².